The number of benzene rings is 1. The fourth-order valence-electron chi connectivity index (χ4n) is 9.77. The van der Waals surface area contributed by atoms with E-state index < -0.39 is 181 Å². The number of fused-ring (bicyclic) bond motifs is 3. The monoisotopic (exact) mass is 1340 g/mol. The lowest BCUT2D eigenvalue weighted by Gasteiger charge is -2.37. The van der Waals surface area contributed by atoms with Crippen molar-refractivity contribution in [2.75, 3.05) is 56.6 Å². The third-order valence-corrected chi connectivity index (χ3v) is 15.0. The molecule has 3 heterocycles. The number of pyridine rings is 1. The van der Waals surface area contributed by atoms with E-state index in [-0.39, 0.29) is 136 Å². The van der Waals surface area contributed by atoms with Gasteiger partial charge < -0.3 is 99.8 Å². The van der Waals surface area contributed by atoms with Crippen molar-refractivity contribution in [1.82, 2.24) is 62.5 Å². The smallest absolute Gasteiger partial charge is 0.303 e. The van der Waals surface area contributed by atoms with Gasteiger partial charge in [0, 0.05) is 50.8 Å². The lowest BCUT2D eigenvalue weighted by molar-refractivity contribution is -0.150. The first kappa shape index (κ1) is 76.4. The van der Waals surface area contributed by atoms with E-state index in [4.69, 9.17) is 28.2 Å². The first-order valence-corrected chi connectivity index (χ1v) is 29.9. The van der Waals surface area contributed by atoms with E-state index in [9.17, 15) is 98.3 Å². The van der Waals surface area contributed by atoms with Crippen molar-refractivity contribution in [3.05, 3.63) is 27.4 Å². The van der Waals surface area contributed by atoms with Gasteiger partial charge in [-0.2, -0.15) is 0 Å². The van der Waals surface area contributed by atoms with Crippen LogP contribution in [-0.2, 0) is 57.5 Å². The molecule has 4 rings (SSSR count). The second-order valence-corrected chi connectivity index (χ2v) is 22.2. The molecule has 0 saturated carbocycles. The number of hydrogen-bond donors (Lipinski definition) is 21. The van der Waals surface area contributed by atoms with Crippen LogP contribution in [0.5, 0.6) is 5.75 Å². The lowest BCUT2D eigenvalue weighted by Crippen LogP contribution is -2.62. The minimum atomic E-state index is -1.94. The first-order valence-electron chi connectivity index (χ1n) is 29.5. The summed E-state index contributed by atoms with van der Waals surface area (Å²) in [6, 6.07) is -11.2. The zero-order valence-corrected chi connectivity index (χ0v) is 51.6. The Morgan fingerprint density at radius 3 is 1.92 bits per heavy atom. The molecule has 11 amide bonds. The fourth-order valence-corrected chi connectivity index (χ4v) is 10.0. The summed E-state index contributed by atoms with van der Waals surface area (Å²) in [6.45, 7) is -0.702. The third kappa shape index (κ3) is 23.2. The van der Waals surface area contributed by atoms with Crippen LogP contribution in [0.25, 0.3) is 11.3 Å². The number of phenolic OH excluding ortho intramolecular Hbond substituents is 1. The first-order chi connectivity index (χ1) is 44.0. The Morgan fingerprint density at radius 2 is 1.31 bits per heavy atom. The van der Waals surface area contributed by atoms with Gasteiger partial charge in [0.15, 0.2) is 11.7 Å². The topological polar surface area (TPSA) is 592 Å². The summed E-state index contributed by atoms with van der Waals surface area (Å²) < 4.78 is 1.41. The summed E-state index contributed by atoms with van der Waals surface area (Å²) in [6.07, 6.45) is -6.58. The number of aliphatic hydroxyl groups is 4. The van der Waals surface area contributed by atoms with E-state index >= 15 is 0 Å². The maximum absolute atomic E-state index is 14.4. The molecule has 0 aromatic heterocycles. The van der Waals surface area contributed by atoms with Crippen molar-refractivity contribution >= 4 is 101 Å². The number of carbonyl (C=O) groups excluding carboxylic acids is 11. The number of carboxylic acids is 1. The summed E-state index contributed by atoms with van der Waals surface area (Å²) in [5.41, 5.74) is 10.2. The number of aliphatic imine (C=N–C) groups is 1. The van der Waals surface area contributed by atoms with Crippen molar-refractivity contribution in [3.8, 4) is 17.0 Å². The fraction of sp³-hybridized carbons (Fsp3) is 0.593. The van der Waals surface area contributed by atoms with Crippen LogP contribution in [0.1, 0.15) is 97.1 Å². The molecule has 0 bridgehead atoms. The van der Waals surface area contributed by atoms with Crippen LogP contribution < -0.4 is 75.4 Å². The minimum absolute atomic E-state index is 0.0125. The summed E-state index contributed by atoms with van der Waals surface area (Å²) in [5.74, 6) is -11.7. The molecule has 1 saturated heterocycles. The van der Waals surface area contributed by atoms with Gasteiger partial charge in [0.25, 0.3) is 0 Å². The van der Waals surface area contributed by atoms with Crippen LogP contribution in [0.3, 0.4) is 0 Å². The number of anilines is 2. The van der Waals surface area contributed by atoms with E-state index in [0.717, 1.165) is 13.0 Å². The molecule has 1 unspecified atom stereocenters. The van der Waals surface area contributed by atoms with E-state index in [2.05, 4.69) is 63.5 Å². The number of rotatable bonds is 32. The molecular formula is C54H82ClN17O21. The molecule has 11 atom stereocenters. The highest BCUT2D eigenvalue weighted by Gasteiger charge is 2.38. The standard InChI is InChI=1S/C54H82ClN17O21/c1-26(77)42-52(90)59-15-4-3-8-29(46(84)64-32(11-7-19-71(93)25-76)49(87)68-43(27(2)78)53(91)69-42)63-47(85)31(10-6-18-70(92)24-75)66-51(89)35(23-74)67-48(86)30(9-5-16-60-54(56)57)65-50(88)34(22-73)61-38-14-17-58-45-33(62-39(80)12-13-40(81)82)20-28-36(72(38)45)21-37(79)44(83)41(28)55/h20-21,24-27,29-32,34-35,38,42-43,58,61,73-74,77-78,83,92-93H,3-19,22-23H2,1-2H3,(H,59,90)(H,62,80)(H,63,85)(H,64,84)(H,65,88)(H,66,89)(H,67,86)(H,68,87)(H,69,91)(H,81,82)(H4,56,57,60)/t26-,27-,29+,30+,31+,32?,34-,35-,38+,42+,43+/m1/s1. The van der Waals surface area contributed by atoms with Crippen LogP contribution in [0.2, 0.25) is 5.02 Å². The number of amides is 11. The number of phenols is 1. The maximum atomic E-state index is 14.4. The molecule has 516 valence electrons. The number of nitrogens with two attached hydrogens (primary N) is 2. The predicted molar refractivity (Wildman–Crippen MR) is 324 cm³/mol. The molecule has 3 aliphatic heterocycles. The number of guanidine groups is 1. The van der Waals surface area contributed by atoms with Crippen molar-refractivity contribution in [1.29, 1.82) is 0 Å². The van der Waals surface area contributed by atoms with Crippen molar-refractivity contribution in [2.45, 2.75) is 158 Å². The lowest BCUT2D eigenvalue weighted by atomic mass is 10.0. The second-order valence-electron chi connectivity index (χ2n) is 21.8. The molecule has 38 nitrogen and oxygen atoms in total. The zero-order chi connectivity index (χ0) is 69.2. The van der Waals surface area contributed by atoms with E-state index in [0.29, 0.717) is 0 Å². The number of aliphatic hydroxyl groups excluding tert-OH is 4. The summed E-state index contributed by atoms with van der Waals surface area (Å²) in [5, 5.41) is 110. The molecule has 93 heavy (non-hydrogen) atoms. The third-order valence-electron chi connectivity index (χ3n) is 14.7. The molecule has 23 N–H and O–H groups in total. The van der Waals surface area contributed by atoms with Crippen molar-refractivity contribution in [3.63, 3.8) is 0 Å². The van der Waals surface area contributed by atoms with Crippen molar-refractivity contribution in [2.24, 2.45) is 16.5 Å². The normalized spacial score (nSPS) is 19.9. The van der Waals surface area contributed by atoms with Crippen LogP contribution in [0.15, 0.2) is 21.9 Å². The quantitative estimate of drug-likeness (QED) is 0.00808. The van der Waals surface area contributed by atoms with E-state index in [1.165, 1.54) is 17.6 Å². The largest absolute Gasteiger partial charge is 0.503 e. The van der Waals surface area contributed by atoms with Gasteiger partial charge in [-0.25, -0.2) is 10.1 Å². The van der Waals surface area contributed by atoms with Gasteiger partial charge in [-0.05, 0) is 84.1 Å². The molecule has 1 fully saturated rings. The number of halogens is 1. The number of hydroxylamine groups is 4. The molecule has 4 aliphatic rings. The molecule has 0 spiro atoms. The highest BCUT2D eigenvalue weighted by atomic mass is 35.5. The Kier molecular flexibility index (Phi) is 30.8. The number of carbonyl (C=O) groups is 12. The molecule has 1 aliphatic carbocycles. The Hall–Kier alpha value is -9.05. The number of aromatic nitrogens is 1. The Labute approximate surface area is 535 Å². The second kappa shape index (κ2) is 37.5. The maximum Gasteiger partial charge on any atom is 0.303 e. The van der Waals surface area contributed by atoms with Gasteiger partial charge in [-0.1, -0.05) is 11.6 Å². The highest BCUT2D eigenvalue weighted by Crippen LogP contribution is 2.43. The zero-order valence-electron chi connectivity index (χ0n) is 50.8. The average molecular weight is 1340 g/mol. The van der Waals surface area contributed by atoms with Gasteiger partial charge >= 0.3 is 5.97 Å². The Bertz CT molecular complexity index is 3040. The van der Waals surface area contributed by atoms with Gasteiger partial charge in [0.1, 0.15) is 54.2 Å². The number of nitrogens with one attached hydrogen (secondary N) is 11. The number of aromatic hydroxyl groups is 1. The number of carboxylic acid groups (broad SMARTS) is 1. The number of nitrogens with zero attached hydrogens (tertiary/aromatic N) is 4. The van der Waals surface area contributed by atoms with Gasteiger partial charge in [0.2, 0.25) is 71.4 Å². The van der Waals surface area contributed by atoms with Gasteiger partial charge in [-0.3, -0.25) is 83.1 Å². The number of aliphatic carboxylic acids is 1. The highest BCUT2D eigenvalue weighted by molar-refractivity contribution is 6.35. The van der Waals surface area contributed by atoms with Gasteiger partial charge in [-0.15, -0.1) is 0 Å². The molecular weight excluding hydrogens is 1260 g/mol. The van der Waals surface area contributed by atoms with Gasteiger partial charge in [0.05, 0.1) is 54.4 Å². The average Bonchev–Trinajstić information content (AvgIpc) is 0.747. The molecule has 0 aromatic rings. The Balaban J connectivity index is 1.65. The molecule has 39 heteroatoms. The molecule has 0 aromatic carbocycles. The summed E-state index contributed by atoms with van der Waals surface area (Å²) in [4.78, 5) is 175. The van der Waals surface area contributed by atoms with E-state index in [1.54, 1.807) is 0 Å². The minimum Gasteiger partial charge on any atom is -0.503 e. The van der Waals surface area contributed by atoms with Crippen molar-refractivity contribution < 1.29 is 98.6 Å². The van der Waals surface area contributed by atoms with Crippen LogP contribution in [-0.4, -0.2) is 240 Å². The van der Waals surface area contributed by atoms with Crippen LogP contribution >= 0.6 is 11.6 Å². The molecule has 0 radical (unpaired) electrons. The Morgan fingerprint density at radius 1 is 0.731 bits per heavy atom. The summed E-state index contributed by atoms with van der Waals surface area (Å²) >= 11 is 6.45. The SMILES string of the molecule is C[C@@H](O)[C@@H]1NC(=O)C(CCCN(O)C=O)NC(=O)[C@@H](NC(=O)[C@H](CCCN(O)C=O)NC(=O)[C@@H](CO)NC(=O)[C@H](CCCN=C(N)N)NC(=O)[C@@H](CO)N[C@@H]2CCNc3c(NC(=O)CCC(=O)O)cc4c(Cl)c(O)c(=O)cc-4n32)CCCCNC(=O)[C@H]([C@@H](C)O)NC1=O. The predicted octanol–water partition coefficient (Wildman–Crippen LogP) is -6.86. The summed E-state index contributed by atoms with van der Waals surface area (Å²) in [7, 11) is 0. The number of hydrogen-bond acceptors (Lipinski definition) is 23. The van der Waals surface area contributed by atoms with Crippen LogP contribution in [0, 0.1) is 0 Å². The van der Waals surface area contributed by atoms with Crippen LogP contribution in [0.4, 0.5) is 11.5 Å². The van der Waals surface area contributed by atoms with E-state index in [1.807, 2.05) is 0 Å².